The molecular formula is C21H15N3O5. The highest BCUT2D eigenvalue weighted by Crippen LogP contribution is 2.33. The van der Waals surface area contributed by atoms with Crippen LogP contribution in [0.15, 0.2) is 59.7 Å². The third-order valence-corrected chi connectivity index (χ3v) is 4.53. The van der Waals surface area contributed by atoms with E-state index >= 15 is 0 Å². The minimum absolute atomic E-state index is 0.0771. The molecule has 0 aliphatic carbocycles. The first-order chi connectivity index (χ1) is 14.0. The monoisotopic (exact) mass is 389 g/mol. The van der Waals surface area contributed by atoms with Crippen LogP contribution >= 0.6 is 0 Å². The van der Waals surface area contributed by atoms with E-state index in [2.05, 4.69) is 5.10 Å². The highest BCUT2D eigenvalue weighted by molar-refractivity contribution is 6.25. The van der Waals surface area contributed by atoms with E-state index in [1.807, 2.05) is 6.92 Å². The van der Waals surface area contributed by atoms with Crippen LogP contribution in [0.1, 0.15) is 33.2 Å². The predicted molar refractivity (Wildman–Crippen MR) is 106 cm³/mol. The molecule has 1 heterocycles. The molecule has 1 aliphatic rings. The molecule has 0 fully saturated rings. The van der Waals surface area contributed by atoms with Gasteiger partial charge in [-0.2, -0.15) is 10.1 Å². The van der Waals surface area contributed by atoms with Gasteiger partial charge in [0, 0.05) is 17.5 Å². The zero-order chi connectivity index (χ0) is 20.5. The van der Waals surface area contributed by atoms with Crippen LogP contribution in [0.5, 0.6) is 5.75 Å². The molecule has 0 aromatic heterocycles. The van der Waals surface area contributed by atoms with E-state index in [-0.39, 0.29) is 16.8 Å². The topological polar surface area (TPSA) is 102 Å². The second-order valence-electron chi connectivity index (χ2n) is 6.32. The van der Waals surface area contributed by atoms with Gasteiger partial charge in [-0.15, -0.1) is 0 Å². The lowest BCUT2D eigenvalue weighted by Crippen LogP contribution is -2.36. The van der Waals surface area contributed by atoms with Crippen molar-refractivity contribution in [1.29, 1.82) is 0 Å². The number of hydrazone groups is 1. The minimum Gasteiger partial charge on any atom is -0.494 e. The van der Waals surface area contributed by atoms with E-state index in [1.54, 1.807) is 42.5 Å². The summed E-state index contributed by atoms with van der Waals surface area (Å²) in [5.41, 5.74) is 0.795. The molecule has 0 radical (unpaired) electrons. The summed E-state index contributed by atoms with van der Waals surface area (Å²) in [4.78, 5) is 36.4. The smallest absolute Gasteiger partial charge is 0.282 e. The van der Waals surface area contributed by atoms with Crippen LogP contribution in [0, 0.1) is 10.1 Å². The third-order valence-electron chi connectivity index (χ3n) is 4.53. The number of non-ortho nitro benzene ring substituents is 1. The Morgan fingerprint density at radius 2 is 1.79 bits per heavy atom. The van der Waals surface area contributed by atoms with Crippen molar-refractivity contribution < 1.29 is 19.2 Å². The highest BCUT2D eigenvalue weighted by atomic mass is 16.6. The van der Waals surface area contributed by atoms with Crippen molar-refractivity contribution in [2.75, 3.05) is 6.61 Å². The summed E-state index contributed by atoms with van der Waals surface area (Å²) in [7, 11) is 0. The van der Waals surface area contributed by atoms with Gasteiger partial charge in [-0.25, -0.2) is 0 Å². The molecule has 0 spiro atoms. The molecule has 0 N–H and O–H groups in total. The maximum Gasteiger partial charge on any atom is 0.282 e. The summed E-state index contributed by atoms with van der Waals surface area (Å²) in [6.07, 6.45) is 1.38. The van der Waals surface area contributed by atoms with Crippen LogP contribution in [0.4, 0.5) is 5.69 Å². The minimum atomic E-state index is -0.704. The summed E-state index contributed by atoms with van der Waals surface area (Å²) in [5, 5.41) is 16.9. The Morgan fingerprint density at radius 3 is 2.48 bits per heavy atom. The molecule has 3 aromatic carbocycles. The number of amides is 2. The van der Waals surface area contributed by atoms with Crippen molar-refractivity contribution in [2.45, 2.75) is 6.92 Å². The highest BCUT2D eigenvalue weighted by Gasteiger charge is 2.34. The number of rotatable bonds is 5. The molecule has 0 saturated heterocycles. The molecule has 1 aliphatic heterocycles. The lowest BCUT2D eigenvalue weighted by molar-refractivity contribution is -0.384. The first-order valence-electron chi connectivity index (χ1n) is 8.86. The second kappa shape index (κ2) is 7.16. The number of hydrogen-bond donors (Lipinski definition) is 0. The Labute approximate surface area is 165 Å². The van der Waals surface area contributed by atoms with Crippen molar-refractivity contribution >= 4 is 34.5 Å². The van der Waals surface area contributed by atoms with E-state index in [4.69, 9.17) is 4.74 Å². The summed E-state index contributed by atoms with van der Waals surface area (Å²) >= 11 is 0. The van der Waals surface area contributed by atoms with Crippen molar-refractivity contribution in [1.82, 2.24) is 5.01 Å². The van der Waals surface area contributed by atoms with Crippen molar-refractivity contribution in [3.8, 4) is 5.75 Å². The normalized spacial score (nSPS) is 13.3. The summed E-state index contributed by atoms with van der Waals surface area (Å²) in [6, 6.07) is 14.4. The number of carbonyl (C=O) groups excluding carboxylic acids is 2. The lowest BCUT2D eigenvalue weighted by Gasteiger charge is -2.22. The zero-order valence-corrected chi connectivity index (χ0v) is 15.4. The predicted octanol–water partition coefficient (Wildman–Crippen LogP) is 3.78. The molecular weight excluding hydrogens is 374 g/mol. The Hall–Kier alpha value is -4.07. The molecule has 0 atom stereocenters. The summed E-state index contributed by atoms with van der Waals surface area (Å²) in [6.45, 7) is 2.42. The number of hydrogen-bond acceptors (Lipinski definition) is 6. The molecule has 8 nitrogen and oxygen atoms in total. The van der Waals surface area contributed by atoms with Gasteiger partial charge in [0.25, 0.3) is 17.5 Å². The molecule has 0 saturated carbocycles. The number of carbonyl (C=O) groups is 2. The van der Waals surface area contributed by atoms with Gasteiger partial charge in [0.1, 0.15) is 5.75 Å². The summed E-state index contributed by atoms with van der Waals surface area (Å²) < 4.78 is 5.37. The van der Waals surface area contributed by atoms with Crippen molar-refractivity contribution in [2.24, 2.45) is 5.10 Å². The van der Waals surface area contributed by atoms with Gasteiger partial charge in [-0.1, -0.05) is 12.1 Å². The van der Waals surface area contributed by atoms with E-state index in [1.165, 1.54) is 18.3 Å². The van der Waals surface area contributed by atoms with E-state index in [0.29, 0.717) is 28.7 Å². The standard InChI is InChI=1S/C21H15N3O5/c1-2-29-16-8-6-13(7-9-16)12-22-23-20(25)17-5-3-4-14-10-15(24(27)28)11-18(19(14)17)21(23)26/h3-12H,2H2,1H3/b22-12+. The molecule has 8 heteroatoms. The number of nitro groups is 1. The maximum absolute atomic E-state index is 12.9. The van der Waals surface area contributed by atoms with Gasteiger partial charge in [-0.05, 0) is 48.2 Å². The molecule has 0 bridgehead atoms. The van der Waals surface area contributed by atoms with Crippen LogP contribution in [0.2, 0.25) is 0 Å². The van der Waals surface area contributed by atoms with Crippen LogP contribution in [-0.2, 0) is 0 Å². The van der Waals surface area contributed by atoms with Crippen LogP contribution in [0.3, 0.4) is 0 Å². The van der Waals surface area contributed by atoms with Gasteiger partial charge in [-0.3, -0.25) is 19.7 Å². The quantitative estimate of drug-likeness (QED) is 0.286. The second-order valence-corrected chi connectivity index (χ2v) is 6.32. The molecule has 29 heavy (non-hydrogen) atoms. The number of ether oxygens (including phenoxy) is 1. The fourth-order valence-corrected chi connectivity index (χ4v) is 3.23. The fraction of sp³-hybridized carbons (Fsp3) is 0.0952. The van der Waals surface area contributed by atoms with Crippen LogP contribution < -0.4 is 4.74 Å². The van der Waals surface area contributed by atoms with Gasteiger partial charge in [0.15, 0.2) is 0 Å². The number of nitro benzene ring substituents is 1. The molecule has 0 unspecified atom stereocenters. The largest absolute Gasteiger partial charge is 0.494 e. The van der Waals surface area contributed by atoms with Crippen molar-refractivity contribution in [3.05, 3.63) is 81.4 Å². The zero-order valence-electron chi connectivity index (χ0n) is 15.4. The van der Waals surface area contributed by atoms with E-state index in [9.17, 15) is 19.7 Å². The SMILES string of the molecule is CCOc1ccc(/C=N/N2C(=O)c3cccc4cc([N+](=O)[O-])cc(c34)C2=O)cc1. The first-order valence-corrected chi connectivity index (χ1v) is 8.86. The molecule has 3 aromatic rings. The average Bonchev–Trinajstić information content (AvgIpc) is 2.72. The Balaban J connectivity index is 1.74. The third kappa shape index (κ3) is 3.20. The number of benzene rings is 3. The van der Waals surface area contributed by atoms with E-state index < -0.39 is 16.7 Å². The molecule has 4 rings (SSSR count). The average molecular weight is 389 g/mol. The molecule has 144 valence electrons. The number of imide groups is 1. The summed E-state index contributed by atoms with van der Waals surface area (Å²) in [5.74, 6) is -0.587. The van der Waals surface area contributed by atoms with E-state index in [0.717, 1.165) is 5.01 Å². The Kier molecular flexibility index (Phi) is 4.52. The number of nitrogens with zero attached hydrogens (tertiary/aromatic N) is 3. The lowest BCUT2D eigenvalue weighted by atomic mass is 9.94. The van der Waals surface area contributed by atoms with Crippen LogP contribution in [-0.4, -0.2) is 34.6 Å². The van der Waals surface area contributed by atoms with Crippen molar-refractivity contribution in [3.63, 3.8) is 0 Å². The van der Waals surface area contributed by atoms with Gasteiger partial charge < -0.3 is 4.74 Å². The van der Waals surface area contributed by atoms with Gasteiger partial charge >= 0.3 is 0 Å². The van der Waals surface area contributed by atoms with Crippen LogP contribution in [0.25, 0.3) is 10.8 Å². The fourth-order valence-electron chi connectivity index (χ4n) is 3.23. The molecule has 2 amide bonds. The first kappa shape index (κ1) is 18.3. The van der Waals surface area contributed by atoms with Gasteiger partial charge in [0.05, 0.1) is 28.9 Å². The maximum atomic E-state index is 12.9. The Bertz CT molecular complexity index is 1180. The van der Waals surface area contributed by atoms with Gasteiger partial charge in [0.2, 0.25) is 0 Å². The Morgan fingerprint density at radius 1 is 1.07 bits per heavy atom.